The second kappa shape index (κ2) is 7.25. The third kappa shape index (κ3) is 4.10. The van der Waals surface area contributed by atoms with E-state index in [-0.39, 0.29) is 15.7 Å². The molecular weight excluding hydrogens is 403 g/mol. The van der Waals surface area contributed by atoms with Gasteiger partial charge in [0.2, 0.25) is 14.9 Å². The lowest BCUT2D eigenvalue weighted by Crippen LogP contribution is -2.00. The summed E-state index contributed by atoms with van der Waals surface area (Å²) in [5, 5.41) is 0.287. The average molecular weight is 413 g/mol. The van der Waals surface area contributed by atoms with Crippen molar-refractivity contribution < 1.29 is 17.6 Å². The van der Waals surface area contributed by atoms with Crippen molar-refractivity contribution in [1.29, 1.82) is 0 Å². The van der Waals surface area contributed by atoms with Gasteiger partial charge in [-0.25, -0.2) is 8.42 Å². The molecule has 0 N–H and O–H groups in total. The molecule has 0 radical (unpaired) electrons. The van der Waals surface area contributed by atoms with Gasteiger partial charge in [-0.05, 0) is 72.4 Å². The zero-order chi connectivity index (χ0) is 18.0. The van der Waals surface area contributed by atoms with Crippen molar-refractivity contribution >= 4 is 49.9 Å². The lowest BCUT2D eigenvalue weighted by Gasteiger charge is -2.01. The van der Waals surface area contributed by atoms with Crippen LogP contribution in [-0.4, -0.2) is 13.5 Å². The Balaban J connectivity index is 1.82. The molecule has 0 unspecified atom stereocenters. The topological polar surface area (TPSA) is 64.3 Å². The Bertz CT molecular complexity index is 1010. The van der Waals surface area contributed by atoms with E-state index in [0.29, 0.717) is 14.9 Å². The number of hydrogen-bond acceptors (Lipinski definition) is 5. The molecular formula is C17H10Cl2O4S2. The summed E-state index contributed by atoms with van der Waals surface area (Å²) >= 11 is 12.5. The predicted molar refractivity (Wildman–Crippen MR) is 97.3 cm³/mol. The molecule has 8 heteroatoms. The molecule has 0 fully saturated rings. The van der Waals surface area contributed by atoms with Gasteiger partial charge in [0, 0.05) is 14.9 Å². The Morgan fingerprint density at radius 2 is 1.40 bits per heavy atom. The predicted octanol–water partition coefficient (Wildman–Crippen LogP) is 5.35. The van der Waals surface area contributed by atoms with Crippen molar-refractivity contribution in [3.63, 3.8) is 0 Å². The van der Waals surface area contributed by atoms with E-state index in [1.165, 1.54) is 36.4 Å². The molecule has 3 rings (SSSR count). The normalized spacial score (nSPS) is 11.4. The number of sulfone groups is 1. The van der Waals surface area contributed by atoms with Crippen molar-refractivity contribution in [3.05, 3.63) is 76.5 Å². The standard InChI is InChI=1S/C17H10Cl2O4S2/c18-11-1-5-13(6-2-11)24-17(20)15-9-10-16(23-15)25(21,22)14-7-3-12(19)4-8-14/h1-10H. The first-order valence-corrected chi connectivity index (χ1v) is 10.00. The van der Waals surface area contributed by atoms with E-state index in [0.717, 1.165) is 11.8 Å². The highest BCUT2D eigenvalue weighted by Gasteiger charge is 2.23. The van der Waals surface area contributed by atoms with Gasteiger partial charge in [-0.1, -0.05) is 23.2 Å². The lowest BCUT2D eigenvalue weighted by molar-refractivity contribution is 0.106. The van der Waals surface area contributed by atoms with Crippen LogP contribution in [-0.2, 0) is 9.84 Å². The number of rotatable bonds is 4. The van der Waals surface area contributed by atoms with Crippen LogP contribution in [0.4, 0.5) is 0 Å². The van der Waals surface area contributed by atoms with Crippen molar-refractivity contribution in [2.75, 3.05) is 0 Å². The monoisotopic (exact) mass is 412 g/mol. The largest absolute Gasteiger partial charge is 0.440 e. The fourth-order valence-electron chi connectivity index (χ4n) is 1.96. The lowest BCUT2D eigenvalue weighted by atomic mass is 10.4. The maximum atomic E-state index is 12.5. The molecule has 128 valence electrons. The highest BCUT2D eigenvalue weighted by Crippen LogP contribution is 2.28. The minimum atomic E-state index is -3.85. The van der Waals surface area contributed by atoms with Gasteiger partial charge in [-0.3, -0.25) is 4.79 Å². The zero-order valence-corrected chi connectivity index (χ0v) is 15.6. The smallest absolute Gasteiger partial charge is 0.259 e. The number of furan rings is 1. The highest BCUT2D eigenvalue weighted by atomic mass is 35.5. The summed E-state index contributed by atoms with van der Waals surface area (Å²) in [6.45, 7) is 0. The Hall–Kier alpha value is -1.73. The van der Waals surface area contributed by atoms with Gasteiger partial charge in [-0.15, -0.1) is 0 Å². The fraction of sp³-hybridized carbons (Fsp3) is 0. The molecule has 0 amide bonds. The Labute approximate surface area is 158 Å². The van der Waals surface area contributed by atoms with Gasteiger partial charge in [0.25, 0.3) is 5.12 Å². The molecule has 25 heavy (non-hydrogen) atoms. The summed E-state index contributed by atoms with van der Waals surface area (Å²) in [4.78, 5) is 13.0. The van der Waals surface area contributed by atoms with Crippen LogP contribution in [0.1, 0.15) is 10.6 Å². The van der Waals surface area contributed by atoms with Gasteiger partial charge >= 0.3 is 0 Å². The van der Waals surface area contributed by atoms with E-state index in [2.05, 4.69) is 0 Å². The number of carbonyl (C=O) groups excluding carboxylic acids is 1. The Kier molecular flexibility index (Phi) is 5.24. The minimum Gasteiger partial charge on any atom is -0.440 e. The van der Waals surface area contributed by atoms with Gasteiger partial charge in [0.15, 0.2) is 5.76 Å². The third-order valence-corrected chi connectivity index (χ3v) is 6.24. The van der Waals surface area contributed by atoms with Crippen molar-refractivity contribution in [2.45, 2.75) is 14.9 Å². The molecule has 0 aliphatic carbocycles. The summed E-state index contributed by atoms with van der Waals surface area (Å²) < 4.78 is 30.3. The van der Waals surface area contributed by atoms with E-state index in [1.807, 2.05) is 0 Å². The molecule has 0 aliphatic heterocycles. The second-order valence-corrected chi connectivity index (χ2v) is 8.72. The number of thioether (sulfide) groups is 1. The molecule has 0 saturated heterocycles. The van der Waals surface area contributed by atoms with E-state index in [4.69, 9.17) is 27.6 Å². The quantitative estimate of drug-likeness (QED) is 0.540. The Morgan fingerprint density at radius 1 is 0.840 bits per heavy atom. The highest BCUT2D eigenvalue weighted by molar-refractivity contribution is 8.14. The molecule has 1 heterocycles. The fourth-order valence-corrected chi connectivity index (χ4v) is 4.09. The SMILES string of the molecule is O=C(Sc1ccc(Cl)cc1)c1ccc(S(=O)(=O)c2ccc(Cl)cc2)o1. The molecule has 0 saturated carbocycles. The number of benzene rings is 2. The maximum absolute atomic E-state index is 12.5. The third-order valence-electron chi connectivity index (χ3n) is 3.20. The molecule has 0 spiro atoms. The van der Waals surface area contributed by atoms with Crippen LogP contribution in [0.25, 0.3) is 0 Å². The van der Waals surface area contributed by atoms with E-state index >= 15 is 0 Å². The van der Waals surface area contributed by atoms with Crippen LogP contribution in [0, 0.1) is 0 Å². The molecule has 0 bridgehead atoms. The van der Waals surface area contributed by atoms with E-state index in [9.17, 15) is 13.2 Å². The molecule has 0 atom stereocenters. The van der Waals surface area contributed by atoms with Crippen LogP contribution in [0.3, 0.4) is 0 Å². The number of halogens is 2. The van der Waals surface area contributed by atoms with Crippen LogP contribution in [0.2, 0.25) is 10.0 Å². The van der Waals surface area contributed by atoms with Crippen LogP contribution >= 0.6 is 35.0 Å². The second-order valence-electron chi connectivity index (χ2n) is 4.92. The molecule has 4 nitrogen and oxygen atoms in total. The summed E-state index contributed by atoms with van der Waals surface area (Å²) in [7, 11) is -3.85. The first-order chi connectivity index (χ1) is 11.9. The first kappa shape index (κ1) is 18.1. The van der Waals surface area contributed by atoms with Crippen molar-refractivity contribution in [1.82, 2.24) is 0 Å². The zero-order valence-electron chi connectivity index (χ0n) is 12.5. The van der Waals surface area contributed by atoms with Crippen molar-refractivity contribution in [2.24, 2.45) is 0 Å². The summed E-state index contributed by atoms with van der Waals surface area (Å²) in [5.41, 5.74) is 0. The summed E-state index contributed by atoms with van der Waals surface area (Å²) in [6.07, 6.45) is 0. The molecule has 3 aromatic rings. The first-order valence-electron chi connectivity index (χ1n) is 6.94. The van der Waals surface area contributed by atoms with Crippen LogP contribution < -0.4 is 0 Å². The van der Waals surface area contributed by atoms with Crippen molar-refractivity contribution in [3.8, 4) is 0 Å². The van der Waals surface area contributed by atoms with E-state index in [1.54, 1.807) is 24.3 Å². The minimum absolute atomic E-state index is 0.0376. The maximum Gasteiger partial charge on any atom is 0.259 e. The number of carbonyl (C=O) groups is 1. The van der Waals surface area contributed by atoms with E-state index < -0.39 is 15.0 Å². The molecule has 0 aliphatic rings. The summed E-state index contributed by atoms with van der Waals surface area (Å²) in [5.74, 6) is -0.0486. The average Bonchev–Trinajstić information content (AvgIpc) is 3.08. The number of hydrogen-bond donors (Lipinski definition) is 0. The van der Waals surface area contributed by atoms with Crippen LogP contribution in [0.5, 0.6) is 0 Å². The van der Waals surface area contributed by atoms with Gasteiger partial charge in [-0.2, -0.15) is 0 Å². The van der Waals surface area contributed by atoms with Gasteiger partial charge in [0.05, 0.1) is 4.90 Å². The molecule has 2 aromatic carbocycles. The molecule has 1 aromatic heterocycles. The Morgan fingerprint density at radius 3 is 2.00 bits per heavy atom. The van der Waals surface area contributed by atoms with Crippen LogP contribution in [0.15, 0.2) is 80.0 Å². The van der Waals surface area contributed by atoms with Gasteiger partial charge in [0.1, 0.15) is 0 Å². The summed E-state index contributed by atoms with van der Waals surface area (Å²) in [6, 6.07) is 15.0. The van der Waals surface area contributed by atoms with Gasteiger partial charge < -0.3 is 4.42 Å².